The maximum Gasteiger partial charge on any atom is 0.326 e. The number of nitrogens with one attached hydrogen (secondary N) is 5. The monoisotopic (exact) mass is 1440 g/mol. The van der Waals surface area contributed by atoms with Crippen molar-refractivity contribution >= 4 is 132 Å². The molecule has 0 bridgehead atoms. The molecule has 0 aromatic heterocycles. The molecule has 0 radical (unpaired) electrons. The lowest BCUT2D eigenvalue weighted by Crippen LogP contribution is -2.52. The molecule has 546 valence electrons. The first kappa shape index (κ1) is 90.5. The summed E-state index contributed by atoms with van der Waals surface area (Å²) in [6.07, 6.45) is 15.6. The molecule has 0 spiro atoms. The average molecular weight is 1440 g/mol. The van der Waals surface area contributed by atoms with Gasteiger partial charge in [0, 0.05) is 105 Å². The van der Waals surface area contributed by atoms with Crippen molar-refractivity contribution in [1.29, 1.82) is 0 Å². The van der Waals surface area contributed by atoms with Gasteiger partial charge in [-0.3, -0.25) is 52.7 Å². The number of thiol groups is 1. The van der Waals surface area contributed by atoms with E-state index in [-0.39, 0.29) is 176 Å². The summed E-state index contributed by atoms with van der Waals surface area (Å²) in [5.74, 6) is -7.48. The highest BCUT2D eigenvalue weighted by Crippen LogP contribution is 2.31. The molecule has 7 atom stereocenters. The number of Topliss-reactive ketones (excluding diaryl/α,β-unsaturated/α-hetero) is 3. The first-order chi connectivity index (χ1) is 45.3. The highest BCUT2D eigenvalue weighted by atomic mass is 33.1. The van der Waals surface area contributed by atoms with E-state index in [0.717, 1.165) is 51.4 Å². The molecule has 0 rings (SSSR count). The molecule has 0 aliphatic rings. The Morgan fingerprint density at radius 2 is 0.874 bits per heavy atom. The Morgan fingerprint density at radius 1 is 0.400 bits per heavy atom. The number of aliphatic carboxylic acids is 4. The Labute approximate surface area is 582 Å². The van der Waals surface area contributed by atoms with Crippen LogP contribution in [-0.2, 0) is 81.3 Å². The van der Waals surface area contributed by atoms with Crippen LogP contribution in [0.25, 0.3) is 0 Å². The number of hydrogen-bond donors (Lipinski definition) is 10. The van der Waals surface area contributed by atoms with E-state index in [9.17, 15) is 77.6 Å². The van der Waals surface area contributed by atoms with E-state index >= 15 is 0 Å². The van der Waals surface area contributed by atoms with Crippen LogP contribution in [0.3, 0.4) is 0 Å². The van der Waals surface area contributed by atoms with E-state index in [4.69, 9.17) is 24.1 Å². The van der Waals surface area contributed by atoms with E-state index < -0.39 is 78.0 Å². The molecule has 95 heavy (non-hydrogen) atoms. The van der Waals surface area contributed by atoms with Crippen molar-refractivity contribution in [1.82, 2.24) is 26.6 Å². The maximum atomic E-state index is 13.3. The summed E-state index contributed by atoms with van der Waals surface area (Å²) in [4.78, 5) is 158. The first-order valence-corrected chi connectivity index (χ1v) is 38.7. The molecule has 0 saturated carbocycles. The van der Waals surface area contributed by atoms with E-state index in [0.29, 0.717) is 36.5 Å². The largest absolute Gasteiger partial charge is 0.481 e. The molecule has 0 fully saturated rings. The van der Waals surface area contributed by atoms with E-state index in [1.54, 1.807) is 20.8 Å². The van der Waals surface area contributed by atoms with Crippen LogP contribution in [0.5, 0.6) is 0 Å². The van der Waals surface area contributed by atoms with Crippen molar-refractivity contribution in [2.24, 2.45) is 23.7 Å². The highest BCUT2D eigenvalue weighted by Gasteiger charge is 2.29. The molecule has 5 amide bonds. The van der Waals surface area contributed by atoms with Gasteiger partial charge in [-0.25, -0.2) is 9.59 Å². The minimum Gasteiger partial charge on any atom is -0.481 e. The van der Waals surface area contributed by atoms with Gasteiger partial charge in [0.1, 0.15) is 42.9 Å². The Bertz CT molecular complexity index is 2280. The van der Waals surface area contributed by atoms with E-state index in [1.807, 2.05) is 0 Å². The molecule has 0 heterocycles. The zero-order chi connectivity index (χ0) is 71.0. The Kier molecular flexibility index (Phi) is 56.7. The van der Waals surface area contributed by atoms with Gasteiger partial charge < -0.3 is 66.0 Å². The van der Waals surface area contributed by atoms with Crippen molar-refractivity contribution in [2.45, 2.75) is 213 Å². The van der Waals surface area contributed by atoms with Crippen LogP contribution < -0.4 is 26.6 Å². The molecule has 0 unspecified atom stereocenters. The third-order valence-electron chi connectivity index (χ3n) is 14.9. The fourth-order valence-corrected chi connectivity index (χ4v) is 14.5. The van der Waals surface area contributed by atoms with Crippen molar-refractivity contribution in [3.8, 4) is 0 Å². The van der Waals surface area contributed by atoms with Crippen molar-refractivity contribution in [3.63, 3.8) is 0 Å². The topological polar surface area (TPSA) is 400 Å². The number of carbonyl (C=O) groups is 13. The normalized spacial score (nSPS) is 13.4. The number of unbranched alkanes of at least 4 members (excludes halogenated alkanes) is 14. The third kappa shape index (κ3) is 54.1. The predicted molar refractivity (Wildman–Crippen MR) is 371 cm³/mol. The second kappa shape index (κ2) is 59.5. The number of rotatable bonds is 67. The zero-order valence-corrected chi connectivity index (χ0v) is 60.3. The molecule has 0 saturated heterocycles. The minimum atomic E-state index is -1.37. The van der Waals surface area contributed by atoms with Crippen LogP contribution in [0, 0.1) is 23.7 Å². The second-order valence-electron chi connectivity index (χ2n) is 23.6. The van der Waals surface area contributed by atoms with Gasteiger partial charge in [-0.05, 0) is 58.3 Å². The summed E-state index contributed by atoms with van der Waals surface area (Å²) in [6.45, 7) is 7.61. The van der Waals surface area contributed by atoms with Gasteiger partial charge in [0.2, 0.25) is 29.5 Å². The average Bonchev–Trinajstić information content (AvgIpc) is 1.11. The number of amides is 5. The molecule has 0 aliphatic carbocycles. The van der Waals surface area contributed by atoms with Gasteiger partial charge in [-0.15, -0.1) is 12.6 Å². The van der Waals surface area contributed by atoms with Crippen LogP contribution in [0.1, 0.15) is 195 Å². The number of ketones is 3. The summed E-state index contributed by atoms with van der Waals surface area (Å²) in [6, 6.07) is -3.89. The summed E-state index contributed by atoms with van der Waals surface area (Å²) in [7, 11) is 5.60. The number of carboxylic acids is 4. The number of carboxylic acid groups (broad SMARTS) is 4. The number of carbonyl (C=O) groups excluding carboxylic acids is 9. The fraction of sp³-hybridized carbons (Fsp3) is 0.797. The fourth-order valence-electron chi connectivity index (χ4n) is 8.79. The zero-order valence-electron chi connectivity index (χ0n) is 56.1. The lowest BCUT2D eigenvalue weighted by atomic mass is 9.95. The molecule has 0 aromatic rings. The highest BCUT2D eigenvalue weighted by molar-refractivity contribution is 8.77. The smallest absolute Gasteiger partial charge is 0.326 e. The molecular weight excluding hydrogens is 1340 g/mol. The molecular formula is C64H109N5O21S5. The van der Waals surface area contributed by atoms with Gasteiger partial charge in [-0.1, -0.05) is 141 Å². The van der Waals surface area contributed by atoms with Crippen LogP contribution in [-0.4, -0.2) is 203 Å². The Balaban J connectivity index is 4.21. The Morgan fingerprint density at radius 3 is 1.43 bits per heavy atom. The van der Waals surface area contributed by atoms with E-state index in [1.165, 1.54) is 82.2 Å². The Hall–Kier alpha value is -4.50. The number of hydrogen-bond acceptors (Lipinski definition) is 21. The SMILES string of the molecule is CC(=O)[C@H](CSSC[C@H](C)C(=O)N[C@@H](CCC(=O)O)C(=O)N[C@@H](CCCCNC(=O)COCCOCCCC(=O)COCCOCCNC(=O)CC[C@H](NC(=O)CCCCCCCCCCCCCCCCC(=O)O)C(=O)O)C(=O)O)CC(=O)[C@@H](C)CSSC[C@H](C)C(=O)S. The number of ether oxygens (including phenoxy) is 4. The van der Waals surface area contributed by atoms with Crippen LogP contribution in [0.15, 0.2) is 0 Å². The maximum absolute atomic E-state index is 13.3. The second-order valence-corrected chi connectivity index (χ2v) is 29.1. The summed E-state index contributed by atoms with van der Waals surface area (Å²) >= 11 is 3.84. The molecule has 0 aliphatic heterocycles. The summed E-state index contributed by atoms with van der Waals surface area (Å²) in [5.41, 5.74) is 0. The lowest BCUT2D eigenvalue weighted by Gasteiger charge is -2.22. The lowest BCUT2D eigenvalue weighted by molar-refractivity contribution is -0.143. The molecule has 26 nitrogen and oxygen atoms in total. The van der Waals surface area contributed by atoms with Gasteiger partial charge in [0.05, 0.1) is 33.0 Å². The summed E-state index contributed by atoms with van der Waals surface area (Å²) in [5, 5.41) is 50.0. The quantitative estimate of drug-likeness (QED) is 0.0158. The molecule has 0 aromatic carbocycles. The van der Waals surface area contributed by atoms with Crippen LogP contribution in [0.4, 0.5) is 0 Å². The van der Waals surface area contributed by atoms with Crippen LogP contribution >= 0.6 is 55.8 Å². The van der Waals surface area contributed by atoms with Crippen LogP contribution in [0.2, 0.25) is 0 Å². The predicted octanol–water partition coefficient (Wildman–Crippen LogP) is 7.69. The first-order valence-electron chi connectivity index (χ1n) is 33.2. The minimum absolute atomic E-state index is 0.0298. The van der Waals surface area contributed by atoms with E-state index in [2.05, 4.69) is 39.2 Å². The molecule has 31 heteroatoms. The summed E-state index contributed by atoms with van der Waals surface area (Å²) < 4.78 is 21.6. The van der Waals surface area contributed by atoms with Gasteiger partial charge in [0.25, 0.3) is 0 Å². The van der Waals surface area contributed by atoms with Gasteiger partial charge in [-0.2, -0.15) is 0 Å². The third-order valence-corrected chi connectivity index (χ3v) is 20.7. The van der Waals surface area contributed by atoms with Gasteiger partial charge in [0.15, 0.2) is 10.9 Å². The standard InChI is InChI=1S/C64H109N5O21S5/c1-45(41-92-94-43-47(3)64(86)91)54(72)38-49(48(4)70)44-95-93-42-46(2)60(80)68-51(27-29-59(78)79)61(81)69-52(62(82)83)23-19-20-30-65-57(75)40-90-37-34-87-32-21-22-50(71)39-89-36-35-88-33-31-66-55(73)28-26-53(63(84)85)67-56(74)24-17-15-13-11-9-7-5-6-8-10-12-14-16-18-25-58(76)77/h45-47,49,51-53H,5-44H2,1-4H3,(H,65,75)(H,66,73)(H,67,74)(H,68,80)(H,69,81)(H,76,77)(H,78,79)(H,82,83)(H,84,85)(H,86,91)/t45-,46-,47-,49-,51-,52-,53-/m0/s1. The van der Waals surface area contributed by atoms with Crippen molar-refractivity contribution in [3.05, 3.63) is 0 Å². The molecule has 9 N–H and O–H groups in total. The van der Waals surface area contributed by atoms with Crippen molar-refractivity contribution < 1.29 is 102 Å². The van der Waals surface area contributed by atoms with Crippen molar-refractivity contribution in [2.75, 3.05) is 89.0 Å². The van der Waals surface area contributed by atoms with Gasteiger partial charge >= 0.3 is 23.9 Å².